The zero-order chi connectivity index (χ0) is 15.2. The lowest BCUT2D eigenvalue weighted by atomic mass is 10.2. The lowest BCUT2D eigenvalue weighted by Gasteiger charge is -2.31. The van der Waals surface area contributed by atoms with Gasteiger partial charge in [-0.25, -0.2) is 15.8 Å². The van der Waals surface area contributed by atoms with Crippen LogP contribution in [0.2, 0.25) is 0 Å². The number of nitrogens with one attached hydrogen (secondary N) is 1. The molecule has 1 unspecified atom stereocenters. The summed E-state index contributed by atoms with van der Waals surface area (Å²) in [6.45, 7) is 7.64. The van der Waals surface area contributed by atoms with Gasteiger partial charge in [0.15, 0.2) is 0 Å². The Kier molecular flexibility index (Phi) is 5.76. The minimum Gasteiger partial charge on any atom is -0.352 e. The topological polar surface area (TPSA) is 70.3 Å². The summed E-state index contributed by atoms with van der Waals surface area (Å²) in [6.07, 6.45) is 4.19. The Morgan fingerprint density at radius 3 is 2.81 bits per heavy atom. The molecule has 0 spiro atoms. The van der Waals surface area contributed by atoms with Crippen LogP contribution in [0.5, 0.6) is 0 Å². The molecule has 0 radical (unpaired) electrons. The molecule has 1 saturated heterocycles. The van der Waals surface area contributed by atoms with E-state index in [0.717, 1.165) is 57.0 Å². The van der Waals surface area contributed by atoms with Crippen LogP contribution in [0.1, 0.15) is 38.9 Å². The number of anilines is 2. The average Bonchev–Trinajstić information content (AvgIpc) is 2.68. The molecule has 0 amide bonds. The maximum absolute atomic E-state index is 5.57. The van der Waals surface area contributed by atoms with Crippen molar-refractivity contribution in [2.75, 3.05) is 37.0 Å². The largest absolute Gasteiger partial charge is 0.352 e. The molecule has 1 fully saturated rings. The normalized spacial score (nSPS) is 20.4. The van der Waals surface area contributed by atoms with E-state index in [1.165, 1.54) is 0 Å². The maximum atomic E-state index is 5.57. The summed E-state index contributed by atoms with van der Waals surface area (Å²) in [5.74, 6) is 8.14. The number of aryl methyl sites for hydroxylation is 1. The molecular formula is C15H28N6. The van der Waals surface area contributed by atoms with E-state index in [0.29, 0.717) is 11.9 Å². The van der Waals surface area contributed by atoms with Crippen molar-refractivity contribution in [2.24, 2.45) is 5.84 Å². The minimum atomic E-state index is 0.493. The standard InChI is InChI=1S/C15H28N6/c1-4-7-13-17-14(19-16)10-15(18-13)21-9-6-8-20(3)11-12(21)5-2/h10,12H,4-9,11,16H2,1-3H3,(H,17,18,19). The number of hydrazine groups is 1. The summed E-state index contributed by atoms with van der Waals surface area (Å²) in [5.41, 5.74) is 2.67. The quantitative estimate of drug-likeness (QED) is 0.635. The molecule has 2 heterocycles. The van der Waals surface area contributed by atoms with E-state index in [9.17, 15) is 0 Å². The molecule has 0 aliphatic carbocycles. The maximum Gasteiger partial charge on any atom is 0.145 e. The number of nitrogen functional groups attached to an aromatic ring is 1. The van der Waals surface area contributed by atoms with Crippen LogP contribution in [0.25, 0.3) is 0 Å². The van der Waals surface area contributed by atoms with Gasteiger partial charge >= 0.3 is 0 Å². The molecule has 0 saturated carbocycles. The highest BCUT2D eigenvalue weighted by Crippen LogP contribution is 2.22. The SMILES string of the molecule is CCCc1nc(NN)cc(N2CCCN(C)CC2CC)n1. The number of nitrogens with zero attached hydrogens (tertiary/aromatic N) is 4. The molecule has 1 aliphatic heterocycles. The fraction of sp³-hybridized carbons (Fsp3) is 0.733. The number of aromatic nitrogens is 2. The summed E-state index contributed by atoms with van der Waals surface area (Å²) in [4.78, 5) is 14.0. The number of likely N-dealkylation sites (N-methyl/N-ethyl adjacent to an activating group) is 1. The molecule has 0 aromatic carbocycles. The van der Waals surface area contributed by atoms with E-state index >= 15 is 0 Å². The highest BCUT2D eigenvalue weighted by atomic mass is 15.3. The highest BCUT2D eigenvalue weighted by molar-refractivity contribution is 5.50. The number of hydrogen-bond acceptors (Lipinski definition) is 6. The van der Waals surface area contributed by atoms with E-state index in [1.54, 1.807) is 0 Å². The fourth-order valence-corrected chi connectivity index (χ4v) is 2.93. The third kappa shape index (κ3) is 4.04. The molecule has 2 rings (SSSR count). The second kappa shape index (κ2) is 7.56. The van der Waals surface area contributed by atoms with Crippen molar-refractivity contribution >= 4 is 11.6 Å². The van der Waals surface area contributed by atoms with Crippen molar-refractivity contribution in [3.63, 3.8) is 0 Å². The summed E-state index contributed by atoms with van der Waals surface area (Å²) in [7, 11) is 2.20. The van der Waals surface area contributed by atoms with E-state index in [2.05, 4.69) is 41.1 Å². The lowest BCUT2D eigenvalue weighted by Crippen LogP contribution is -2.40. The number of hydrogen-bond donors (Lipinski definition) is 2. The zero-order valence-corrected chi connectivity index (χ0v) is 13.5. The van der Waals surface area contributed by atoms with Gasteiger partial charge in [0.2, 0.25) is 0 Å². The minimum absolute atomic E-state index is 0.493. The zero-order valence-electron chi connectivity index (χ0n) is 13.5. The molecule has 1 aromatic rings. The molecule has 6 heteroatoms. The van der Waals surface area contributed by atoms with E-state index in [4.69, 9.17) is 10.8 Å². The van der Waals surface area contributed by atoms with Gasteiger partial charge in [-0.05, 0) is 32.9 Å². The van der Waals surface area contributed by atoms with Crippen LogP contribution < -0.4 is 16.2 Å². The Balaban J connectivity index is 2.30. The molecule has 1 aromatic heterocycles. The fourth-order valence-electron chi connectivity index (χ4n) is 2.93. The Hall–Kier alpha value is -1.40. The van der Waals surface area contributed by atoms with Crippen LogP contribution >= 0.6 is 0 Å². The summed E-state index contributed by atoms with van der Waals surface area (Å²) in [6, 6.07) is 2.46. The van der Waals surface area contributed by atoms with Gasteiger partial charge in [0.05, 0.1) is 0 Å². The summed E-state index contributed by atoms with van der Waals surface area (Å²) in [5, 5.41) is 0. The van der Waals surface area contributed by atoms with Gasteiger partial charge in [-0.15, -0.1) is 0 Å². The van der Waals surface area contributed by atoms with Crippen LogP contribution in [0.3, 0.4) is 0 Å². The smallest absolute Gasteiger partial charge is 0.145 e. The van der Waals surface area contributed by atoms with E-state index in [-0.39, 0.29) is 0 Å². The first kappa shape index (κ1) is 16.0. The lowest BCUT2D eigenvalue weighted by molar-refractivity contribution is 0.327. The molecule has 21 heavy (non-hydrogen) atoms. The Bertz CT molecular complexity index is 450. The first-order valence-corrected chi connectivity index (χ1v) is 7.97. The number of rotatable bonds is 5. The van der Waals surface area contributed by atoms with Crippen molar-refractivity contribution in [2.45, 2.75) is 45.6 Å². The van der Waals surface area contributed by atoms with Crippen molar-refractivity contribution in [1.82, 2.24) is 14.9 Å². The van der Waals surface area contributed by atoms with Gasteiger partial charge in [0, 0.05) is 31.6 Å². The molecule has 3 N–H and O–H groups in total. The Morgan fingerprint density at radius 1 is 1.33 bits per heavy atom. The second-order valence-corrected chi connectivity index (χ2v) is 5.79. The molecule has 1 aliphatic rings. The average molecular weight is 292 g/mol. The van der Waals surface area contributed by atoms with Gasteiger partial charge < -0.3 is 15.2 Å². The van der Waals surface area contributed by atoms with Gasteiger partial charge in [0.25, 0.3) is 0 Å². The monoisotopic (exact) mass is 292 g/mol. The van der Waals surface area contributed by atoms with Crippen molar-refractivity contribution < 1.29 is 0 Å². The van der Waals surface area contributed by atoms with Crippen molar-refractivity contribution in [3.8, 4) is 0 Å². The van der Waals surface area contributed by atoms with Crippen LogP contribution in [0, 0.1) is 0 Å². The summed E-state index contributed by atoms with van der Waals surface area (Å²) >= 11 is 0. The van der Waals surface area contributed by atoms with E-state index in [1.807, 2.05) is 6.07 Å². The molecule has 6 nitrogen and oxygen atoms in total. The molecular weight excluding hydrogens is 264 g/mol. The predicted octanol–water partition coefficient (Wildman–Crippen LogP) is 1.64. The van der Waals surface area contributed by atoms with Gasteiger partial charge in [-0.3, -0.25) is 0 Å². The first-order chi connectivity index (χ1) is 10.2. The van der Waals surface area contributed by atoms with Gasteiger partial charge in [-0.1, -0.05) is 13.8 Å². The Morgan fingerprint density at radius 2 is 2.14 bits per heavy atom. The molecule has 118 valence electrons. The number of nitrogens with two attached hydrogens (primary N) is 1. The highest BCUT2D eigenvalue weighted by Gasteiger charge is 2.23. The third-order valence-corrected chi connectivity index (χ3v) is 4.05. The first-order valence-electron chi connectivity index (χ1n) is 7.97. The summed E-state index contributed by atoms with van der Waals surface area (Å²) < 4.78 is 0. The van der Waals surface area contributed by atoms with Gasteiger partial charge in [-0.2, -0.15) is 0 Å². The Labute approximate surface area is 127 Å². The van der Waals surface area contributed by atoms with Crippen molar-refractivity contribution in [3.05, 3.63) is 11.9 Å². The third-order valence-electron chi connectivity index (χ3n) is 4.05. The molecule has 0 bridgehead atoms. The molecule has 1 atom stereocenters. The van der Waals surface area contributed by atoms with Crippen LogP contribution in [-0.4, -0.2) is 47.6 Å². The predicted molar refractivity (Wildman–Crippen MR) is 87.4 cm³/mol. The van der Waals surface area contributed by atoms with Crippen molar-refractivity contribution in [1.29, 1.82) is 0 Å². The van der Waals surface area contributed by atoms with Crippen LogP contribution in [-0.2, 0) is 6.42 Å². The van der Waals surface area contributed by atoms with E-state index < -0.39 is 0 Å². The van der Waals surface area contributed by atoms with Gasteiger partial charge in [0.1, 0.15) is 17.5 Å². The van der Waals surface area contributed by atoms with Crippen LogP contribution in [0.15, 0.2) is 6.07 Å². The van der Waals surface area contributed by atoms with Crippen LogP contribution in [0.4, 0.5) is 11.6 Å². The second-order valence-electron chi connectivity index (χ2n) is 5.79.